The molecule has 3 N–H and O–H groups in total. The molecule has 1 aromatic heterocycles. The van der Waals surface area contributed by atoms with E-state index in [1.54, 1.807) is 0 Å². The Morgan fingerprint density at radius 3 is 2.83 bits per heavy atom. The number of anilines is 3. The zero-order valence-corrected chi connectivity index (χ0v) is 13.9. The highest BCUT2D eigenvalue weighted by Crippen LogP contribution is 2.31. The van der Waals surface area contributed by atoms with Gasteiger partial charge < -0.3 is 11.1 Å². The number of nitrogens with zero attached hydrogens (tertiary/aromatic N) is 2. The molecule has 18 heavy (non-hydrogen) atoms. The van der Waals surface area contributed by atoms with Gasteiger partial charge in [-0.25, -0.2) is 4.68 Å². The van der Waals surface area contributed by atoms with E-state index in [2.05, 4.69) is 55.0 Å². The Bertz CT molecular complexity index is 580. The van der Waals surface area contributed by atoms with Gasteiger partial charge in [0.05, 0.1) is 17.1 Å². The van der Waals surface area contributed by atoms with Crippen LogP contribution in [0.15, 0.2) is 22.7 Å². The summed E-state index contributed by atoms with van der Waals surface area (Å²) in [5.41, 5.74) is 8.57. The van der Waals surface area contributed by atoms with Gasteiger partial charge in [0.2, 0.25) is 0 Å². The maximum atomic E-state index is 6.04. The molecule has 0 saturated heterocycles. The van der Waals surface area contributed by atoms with Gasteiger partial charge in [0.15, 0.2) is 5.82 Å². The molecule has 1 heterocycles. The highest BCUT2D eigenvalue weighted by molar-refractivity contribution is 14.1. The Morgan fingerprint density at radius 1 is 1.50 bits per heavy atom. The molecule has 0 aliphatic heterocycles. The monoisotopic (exact) mass is 420 g/mol. The smallest absolute Gasteiger partial charge is 0.152 e. The predicted octanol–water partition coefficient (Wildman–Crippen LogP) is 3.90. The van der Waals surface area contributed by atoms with Gasteiger partial charge >= 0.3 is 0 Å². The van der Waals surface area contributed by atoms with Gasteiger partial charge in [-0.2, -0.15) is 5.10 Å². The molecule has 96 valence electrons. The van der Waals surface area contributed by atoms with E-state index < -0.39 is 0 Å². The van der Waals surface area contributed by atoms with Crippen molar-refractivity contribution < 1.29 is 0 Å². The van der Waals surface area contributed by atoms with Gasteiger partial charge in [0.1, 0.15) is 0 Å². The van der Waals surface area contributed by atoms with Crippen LogP contribution in [0.4, 0.5) is 17.2 Å². The number of nitrogens with two attached hydrogens (primary N) is 1. The SMILES string of the molecule is CCn1nc(C)c(N)c1Nc1ccc(I)cc1Br. The van der Waals surface area contributed by atoms with Crippen molar-refractivity contribution in [2.45, 2.75) is 20.4 Å². The number of aryl methyl sites for hydroxylation is 2. The zero-order chi connectivity index (χ0) is 13.3. The first kappa shape index (κ1) is 13.7. The lowest BCUT2D eigenvalue weighted by Gasteiger charge is -2.11. The number of hydrogen-bond donors (Lipinski definition) is 2. The highest BCUT2D eigenvalue weighted by Gasteiger charge is 2.12. The second-order valence-corrected chi connectivity index (χ2v) is 6.01. The van der Waals surface area contributed by atoms with Crippen LogP contribution in [-0.4, -0.2) is 9.78 Å². The summed E-state index contributed by atoms with van der Waals surface area (Å²) in [6.45, 7) is 4.73. The number of benzene rings is 1. The van der Waals surface area contributed by atoms with Crippen LogP contribution in [0.5, 0.6) is 0 Å². The fraction of sp³-hybridized carbons (Fsp3) is 0.250. The third-order valence-electron chi connectivity index (χ3n) is 2.66. The van der Waals surface area contributed by atoms with Crippen molar-refractivity contribution in [3.8, 4) is 0 Å². The van der Waals surface area contributed by atoms with Gasteiger partial charge in [-0.05, 0) is 70.6 Å². The molecule has 0 fully saturated rings. The van der Waals surface area contributed by atoms with Gasteiger partial charge in [-0.15, -0.1) is 0 Å². The lowest BCUT2D eigenvalue weighted by atomic mass is 10.3. The molecule has 0 amide bonds. The minimum Gasteiger partial charge on any atom is -0.394 e. The quantitative estimate of drug-likeness (QED) is 0.740. The topological polar surface area (TPSA) is 55.9 Å². The molecule has 2 rings (SSSR count). The predicted molar refractivity (Wildman–Crippen MR) is 87.2 cm³/mol. The second-order valence-electron chi connectivity index (χ2n) is 3.91. The van der Waals surface area contributed by atoms with Crippen molar-refractivity contribution in [1.29, 1.82) is 0 Å². The molecule has 0 atom stereocenters. The van der Waals surface area contributed by atoms with E-state index in [1.165, 1.54) is 3.57 Å². The van der Waals surface area contributed by atoms with E-state index in [9.17, 15) is 0 Å². The molecule has 0 spiro atoms. The first-order valence-electron chi connectivity index (χ1n) is 5.58. The first-order chi connectivity index (χ1) is 8.52. The maximum absolute atomic E-state index is 6.04. The van der Waals surface area contributed by atoms with Crippen molar-refractivity contribution in [3.05, 3.63) is 31.9 Å². The molecule has 0 aliphatic carbocycles. The van der Waals surface area contributed by atoms with E-state index in [0.717, 1.165) is 28.2 Å². The number of rotatable bonds is 3. The average Bonchev–Trinajstić information content (AvgIpc) is 2.60. The van der Waals surface area contributed by atoms with E-state index >= 15 is 0 Å². The van der Waals surface area contributed by atoms with Crippen LogP contribution >= 0.6 is 38.5 Å². The molecule has 0 aliphatic rings. The van der Waals surface area contributed by atoms with Crippen molar-refractivity contribution in [1.82, 2.24) is 9.78 Å². The molecule has 6 heteroatoms. The van der Waals surface area contributed by atoms with Crippen molar-refractivity contribution in [2.24, 2.45) is 0 Å². The van der Waals surface area contributed by atoms with Crippen LogP contribution in [0, 0.1) is 10.5 Å². The Morgan fingerprint density at radius 2 is 2.22 bits per heavy atom. The third kappa shape index (κ3) is 2.64. The van der Waals surface area contributed by atoms with Crippen LogP contribution in [-0.2, 0) is 6.54 Å². The molecule has 0 bridgehead atoms. The van der Waals surface area contributed by atoms with Gasteiger partial charge in [-0.1, -0.05) is 0 Å². The van der Waals surface area contributed by atoms with Gasteiger partial charge in [-0.3, -0.25) is 0 Å². The van der Waals surface area contributed by atoms with Crippen LogP contribution in [0.1, 0.15) is 12.6 Å². The molecule has 0 unspecified atom stereocenters. The van der Waals surface area contributed by atoms with E-state index in [1.807, 2.05) is 30.7 Å². The van der Waals surface area contributed by atoms with Crippen LogP contribution in [0.2, 0.25) is 0 Å². The normalized spacial score (nSPS) is 10.7. The first-order valence-corrected chi connectivity index (χ1v) is 7.45. The lowest BCUT2D eigenvalue weighted by Crippen LogP contribution is -2.04. The summed E-state index contributed by atoms with van der Waals surface area (Å²) >= 11 is 5.82. The van der Waals surface area contributed by atoms with Crippen molar-refractivity contribution in [3.63, 3.8) is 0 Å². The van der Waals surface area contributed by atoms with E-state index in [4.69, 9.17) is 5.73 Å². The number of hydrogen-bond acceptors (Lipinski definition) is 3. The standard InChI is InChI=1S/C12H14BrIN4/c1-3-18-12(11(15)7(2)17-18)16-10-5-4-8(14)6-9(10)13/h4-6,16H,3,15H2,1-2H3. The molecule has 1 aromatic carbocycles. The molecule has 2 aromatic rings. The van der Waals surface area contributed by atoms with Gasteiger partial charge in [0.25, 0.3) is 0 Å². The summed E-state index contributed by atoms with van der Waals surface area (Å²) in [6.07, 6.45) is 0. The number of aromatic nitrogens is 2. The van der Waals surface area contributed by atoms with Crippen molar-refractivity contribution in [2.75, 3.05) is 11.1 Å². The summed E-state index contributed by atoms with van der Waals surface area (Å²) < 4.78 is 4.06. The second kappa shape index (κ2) is 5.48. The molecule has 0 radical (unpaired) electrons. The van der Waals surface area contributed by atoms with Gasteiger partial charge in [0, 0.05) is 14.6 Å². The van der Waals surface area contributed by atoms with E-state index in [0.29, 0.717) is 5.69 Å². The Hall–Kier alpha value is -0.760. The highest BCUT2D eigenvalue weighted by atomic mass is 127. The largest absolute Gasteiger partial charge is 0.394 e. The summed E-state index contributed by atoms with van der Waals surface area (Å²) in [5.74, 6) is 0.844. The average molecular weight is 421 g/mol. The number of nitrogens with one attached hydrogen (secondary N) is 1. The summed E-state index contributed by atoms with van der Waals surface area (Å²) in [5, 5.41) is 7.72. The molecular formula is C12H14BrIN4. The summed E-state index contributed by atoms with van der Waals surface area (Å²) in [7, 11) is 0. The minimum atomic E-state index is 0.697. The fourth-order valence-corrected chi connectivity index (χ4v) is 3.07. The number of nitrogen functional groups attached to an aromatic ring is 1. The summed E-state index contributed by atoms with van der Waals surface area (Å²) in [4.78, 5) is 0. The Labute approximate surface area is 128 Å². The van der Waals surface area contributed by atoms with E-state index in [-0.39, 0.29) is 0 Å². The van der Waals surface area contributed by atoms with Crippen molar-refractivity contribution >= 4 is 55.7 Å². The van der Waals surface area contributed by atoms with Crippen LogP contribution in [0.25, 0.3) is 0 Å². The maximum Gasteiger partial charge on any atom is 0.152 e. The molecule has 0 saturated carbocycles. The molecular weight excluding hydrogens is 407 g/mol. The third-order valence-corrected chi connectivity index (χ3v) is 3.98. The number of halogens is 2. The Balaban J connectivity index is 2.39. The Kier molecular flexibility index (Phi) is 4.16. The van der Waals surface area contributed by atoms with Crippen LogP contribution < -0.4 is 11.1 Å². The minimum absolute atomic E-state index is 0.697. The van der Waals surface area contributed by atoms with Crippen LogP contribution in [0.3, 0.4) is 0 Å². The fourth-order valence-electron chi connectivity index (χ4n) is 1.67. The summed E-state index contributed by atoms with van der Waals surface area (Å²) in [6, 6.07) is 6.12. The molecule has 4 nitrogen and oxygen atoms in total. The lowest BCUT2D eigenvalue weighted by molar-refractivity contribution is 0.661. The zero-order valence-electron chi connectivity index (χ0n) is 10.2.